The molecule has 0 saturated carbocycles. The third-order valence-electron chi connectivity index (χ3n) is 2.64. The Labute approximate surface area is 135 Å². The van der Waals surface area contributed by atoms with E-state index < -0.39 is 0 Å². The molecular formula is C14H12ClIN2O2. The Kier molecular flexibility index (Phi) is 4.72. The average molecular weight is 403 g/mol. The van der Waals surface area contributed by atoms with Gasteiger partial charge in [-0.15, -0.1) is 0 Å². The fraction of sp³-hybridized carbons (Fsp3) is 0.0714. The van der Waals surface area contributed by atoms with E-state index in [0.29, 0.717) is 27.7 Å². The molecule has 1 amide bonds. The SMILES string of the molecule is COc1ccc(N)cc1NC(=O)c1cc(Cl)ccc1I. The van der Waals surface area contributed by atoms with Crippen LogP contribution in [0.15, 0.2) is 36.4 Å². The molecule has 0 aliphatic rings. The molecule has 2 aromatic rings. The quantitative estimate of drug-likeness (QED) is 0.606. The van der Waals surface area contributed by atoms with E-state index in [1.807, 2.05) is 0 Å². The molecule has 0 fully saturated rings. The first-order valence-electron chi connectivity index (χ1n) is 5.71. The third-order valence-corrected chi connectivity index (χ3v) is 3.82. The average Bonchev–Trinajstić information content (AvgIpc) is 2.41. The first kappa shape index (κ1) is 14.9. The number of nitrogens with two attached hydrogens (primary N) is 1. The molecule has 0 bridgehead atoms. The standard InChI is InChI=1S/C14H12ClIN2O2/c1-20-13-5-3-9(17)7-12(13)18-14(19)10-6-8(15)2-4-11(10)16/h2-7H,17H2,1H3,(H,18,19). The second-order valence-corrected chi connectivity index (χ2v) is 5.64. The molecule has 0 atom stereocenters. The molecule has 4 nitrogen and oxygen atoms in total. The zero-order chi connectivity index (χ0) is 14.7. The lowest BCUT2D eigenvalue weighted by Crippen LogP contribution is -2.14. The molecule has 0 saturated heterocycles. The van der Waals surface area contributed by atoms with Gasteiger partial charge in [-0.3, -0.25) is 4.79 Å². The molecule has 0 spiro atoms. The molecule has 104 valence electrons. The van der Waals surface area contributed by atoms with E-state index in [2.05, 4.69) is 27.9 Å². The van der Waals surface area contributed by atoms with Gasteiger partial charge in [-0.25, -0.2) is 0 Å². The molecule has 0 aliphatic heterocycles. The minimum Gasteiger partial charge on any atom is -0.495 e. The highest BCUT2D eigenvalue weighted by atomic mass is 127. The van der Waals surface area contributed by atoms with Crippen molar-refractivity contribution in [3.8, 4) is 5.75 Å². The lowest BCUT2D eigenvalue weighted by Gasteiger charge is -2.12. The maximum atomic E-state index is 12.3. The highest BCUT2D eigenvalue weighted by Crippen LogP contribution is 2.28. The normalized spacial score (nSPS) is 10.2. The van der Waals surface area contributed by atoms with E-state index in [4.69, 9.17) is 22.1 Å². The molecule has 20 heavy (non-hydrogen) atoms. The first-order valence-corrected chi connectivity index (χ1v) is 7.17. The third kappa shape index (κ3) is 3.34. The molecule has 0 unspecified atom stereocenters. The summed E-state index contributed by atoms with van der Waals surface area (Å²) < 4.78 is 6.01. The minimum absolute atomic E-state index is 0.263. The predicted octanol–water partition coefficient (Wildman–Crippen LogP) is 3.79. The number of ether oxygens (including phenoxy) is 1. The van der Waals surface area contributed by atoms with Crippen molar-refractivity contribution >= 4 is 51.5 Å². The number of halogens is 2. The Hall–Kier alpha value is -1.47. The van der Waals surface area contributed by atoms with Crippen molar-refractivity contribution < 1.29 is 9.53 Å². The highest BCUT2D eigenvalue weighted by molar-refractivity contribution is 14.1. The van der Waals surface area contributed by atoms with Gasteiger partial charge in [0.25, 0.3) is 5.91 Å². The summed E-state index contributed by atoms with van der Waals surface area (Å²) in [6.45, 7) is 0. The van der Waals surface area contributed by atoms with E-state index in [1.54, 1.807) is 36.4 Å². The summed E-state index contributed by atoms with van der Waals surface area (Å²) in [6.07, 6.45) is 0. The van der Waals surface area contributed by atoms with Crippen LogP contribution in [0.4, 0.5) is 11.4 Å². The monoisotopic (exact) mass is 402 g/mol. The second-order valence-electron chi connectivity index (χ2n) is 4.04. The summed E-state index contributed by atoms with van der Waals surface area (Å²) in [5.74, 6) is 0.283. The van der Waals surface area contributed by atoms with E-state index >= 15 is 0 Å². The number of benzene rings is 2. The van der Waals surface area contributed by atoms with Gasteiger partial charge in [-0.1, -0.05) is 11.6 Å². The molecule has 0 radical (unpaired) electrons. The molecule has 0 aliphatic carbocycles. The zero-order valence-corrected chi connectivity index (χ0v) is 13.5. The van der Waals surface area contributed by atoms with Gasteiger partial charge in [0, 0.05) is 14.3 Å². The predicted molar refractivity (Wildman–Crippen MR) is 89.5 cm³/mol. The van der Waals surface area contributed by atoms with Gasteiger partial charge in [0.2, 0.25) is 0 Å². The van der Waals surface area contributed by atoms with Crippen LogP contribution in [0.25, 0.3) is 0 Å². The topological polar surface area (TPSA) is 64.3 Å². The molecular weight excluding hydrogens is 391 g/mol. The zero-order valence-electron chi connectivity index (χ0n) is 10.6. The van der Waals surface area contributed by atoms with Crippen LogP contribution in [0.5, 0.6) is 5.75 Å². The Morgan fingerprint density at radius 2 is 2.05 bits per heavy atom. The van der Waals surface area contributed by atoms with Crippen LogP contribution in [0, 0.1) is 3.57 Å². The lowest BCUT2D eigenvalue weighted by molar-refractivity contribution is 0.102. The van der Waals surface area contributed by atoms with E-state index in [1.165, 1.54) is 7.11 Å². The molecule has 0 heterocycles. The molecule has 6 heteroatoms. The number of anilines is 2. The number of hydrogen-bond acceptors (Lipinski definition) is 3. The molecule has 0 aromatic heterocycles. The van der Waals surface area contributed by atoms with Crippen molar-refractivity contribution in [2.45, 2.75) is 0 Å². The van der Waals surface area contributed by atoms with Crippen molar-refractivity contribution in [3.63, 3.8) is 0 Å². The fourth-order valence-electron chi connectivity index (χ4n) is 1.68. The number of nitrogen functional groups attached to an aromatic ring is 1. The summed E-state index contributed by atoms with van der Waals surface area (Å²) >= 11 is 8.00. The highest BCUT2D eigenvalue weighted by Gasteiger charge is 2.13. The number of carbonyl (C=O) groups is 1. The maximum absolute atomic E-state index is 12.3. The summed E-state index contributed by atoms with van der Waals surface area (Å²) in [4.78, 5) is 12.3. The number of methoxy groups -OCH3 is 1. The van der Waals surface area contributed by atoms with Crippen LogP contribution in [-0.4, -0.2) is 13.0 Å². The Balaban J connectivity index is 2.32. The van der Waals surface area contributed by atoms with Crippen molar-refractivity contribution in [1.29, 1.82) is 0 Å². The van der Waals surface area contributed by atoms with Crippen LogP contribution in [0.1, 0.15) is 10.4 Å². The number of hydrogen-bond donors (Lipinski definition) is 2. The van der Waals surface area contributed by atoms with Crippen LogP contribution in [0.3, 0.4) is 0 Å². The van der Waals surface area contributed by atoms with E-state index in [0.717, 1.165) is 3.57 Å². The van der Waals surface area contributed by atoms with Crippen LogP contribution >= 0.6 is 34.2 Å². The summed E-state index contributed by atoms with van der Waals surface area (Å²) in [6, 6.07) is 10.2. The number of carbonyl (C=O) groups excluding carboxylic acids is 1. The molecule has 2 aromatic carbocycles. The van der Waals surface area contributed by atoms with Crippen LogP contribution < -0.4 is 15.8 Å². The van der Waals surface area contributed by atoms with E-state index in [-0.39, 0.29) is 5.91 Å². The van der Waals surface area contributed by atoms with Gasteiger partial charge in [0.15, 0.2) is 0 Å². The second kappa shape index (κ2) is 6.32. The van der Waals surface area contributed by atoms with Crippen molar-refractivity contribution in [2.75, 3.05) is 18.2 Å². The van der Waals surface area contributed by atoms with Crippen molar-refractivity contribution in [3.05, 3.63) is 50.6 Å². The number of nitrogens with one attached hydrogen (secondary N) is 1. The fourth-order valence-corrected chi connectivity index (χ4v) is 2.44. The minimum atomic E-state index is -0.263. The summed E-state index contributed by atoms with van der Waals surface area (Å²) in [5.41, 5.74) is 7.29. The van der Waals surface area contributed by atoms with E-state index in [9.17, 15) is 4.79 Å². The summed E-state index contributed by atoms with van der Waals surface area (Å²) in [5, 5.41) is 3.29. The van der Waals surface area contributed by atoms with Crippen LogP contribution in [0.2, 0.25) is 5.02 Å². The van der Waals surface area contributed by atoms with Gasteiger partial charge >= 0.3 is 0 Å². The van der Waals surface area contributed by atoms with Crippen molar-refractivity contribution in [1.82, 2.24) is 0 Å². The molecule has 2 rings (SSSR count). The smallest absolute Gasteiger partial charge is 0.256 e. The van der Waals surface area contributed by atoms with Gasteiger partial charge in [0.05, 0.1) is 18.4 Å². The van der Waals surface area contributed by atoms with Crippen molar-refractivity contribution in [2.24, 2.45) is 0 Å². The number of rotatable bonds is 3. The first-order chi connectivity index (χ1) is 9.51. The number of amides is 1. The van der Waals surface area contributed by atoms with Gasteiger partial charge in [-0.05, 0) is 59.0 Å². The summed E-state index contributed by atoms with van der Waals surface area (Å²) in [7, 11) is 1.53. The molecule has 3 N–H and O–H groups in total. The van der Waals surface area contributed by atoms with Crippen LogP contribution in [-0.2, 0) is 0 Å². The van der Waals surface area contributed by atoms with Gasteiger partial charge in [-0.2, -0.15) is 0 Å². The maximum Gasteiger partial charge on any atom is 0.256 e. The Bertz CT molecular complexity index is 662. The van der Waals surface area contributed by atoms with Gasteiger partial charge in [0.1, 0.15) is 5.75 Å². The Morgan fingerprint density at radius 3 is 2.75 bits per heavy atom. The largest absolute Gasteiger partial charge is 0.495 e. The lowest BCUT2D eigenvalue weighted by atomic mass is 10.2. The Morgan fingerprint density at radius 1 is 1.30 bits per heavy atom. The van der Waals surface area contributed by atoms with Gasteiger partial charge < -0.3 is 15.8 Å².